The second-order valence-corrected chi connectivity index (χ2v) is 11.0. The first-order valence-corrected chi connectivity index (χ1v) is 13.6. The van der Waals surface area contributed by atoms with Gasteiger partial charge in [0.05, 0.1) is 13.2 Å². The fourth-order valence-electron chi connectivity index (χ4n) is 4.74. The molecule has 0 saturated carbocycles. The van der Waals surface area contributed by atoms with Crippen LogP contribution in [0.3, 0.4) is 0 Å². The van der Waals surface area contributed by atoms with Gasteiger partial charge in [-0.2, -0.15) is 0 Å². The number of rotatable bonds is 9. The van der Waals surface area contributed by atoms with Gasteiger partial charge in [-0.05, 0) is 54.2 Å². The predicted octanol–water partition coefficient (Wildman–Crippen LogP) is 4.79. The van der Waals surface area contributed by atoms with Crippen LogP contribution in [0.2, 0.25) is 5.02 Å². The van der Waals surface area contributed by atoms with Crippen molar-refractivity contribution in [1.29, 1.82) is 0 Å². The lowest BCUT2D eigenvalue weighted by molar-refractivity contribution is -0.117. The molecule has 3 aromatic rings. The summed E-state index contributed by atoms with van der Waals surface area (Å²) in [5, 5.41) is 11.7. The number of anilines is 1. The highest BCUT2D eigenvalue weighted by Gasteiger charge is 2.30. The smallest absolute Gasteiger partial charge is 0.227 e. The molecule has 5 rings (SSSR count). The largest absolute Gasteiger partial charge is 0.379 e. The molecule has 2 aliphatic rings. The number of halogens is 1. The molecule has 2 saturated heterocycles. The van der Waals surface area contributed by atoms with E-state index >= 15 is 0 Å². The second-order valence-electron chi connectivity index (χ2n) is 9.38. The van der Waals surface area contributed by atoms with E-state index in [9.17, 15) is 4.79 Å². The second kappa shape index (κ2) is 11.6. The van der Waals surface area contributed by atoms with Crippen molar-refractivity contribution in [3.05, 3.63) is 74.7 Å². The number of hydrogen-bond donors (Lipinski definition) is 0. The number of carbonyl (C=O) groups is 1. The molecule has 0 spiro atoms. The molecule has 1 amide bonds. The minimum absolute atomic E-state index is 0.219. The molecule has 0 bridgehead atoms. The van der Waals surface area contributed by atoms with Crippen LogP contribution < -0.4 is 4.90 Å². The van der Waals surface area contributed by atoms with Crippen LogP contribution in [-0.4, -0.2) is 53.9 Å². The Balaban J connectivity index is 1.08. The average molecular weight is 511 g/mol. The standard InChI is InChI=1S/C27H31ClN4O2S/c28-23-7-1-20(2-8-23)5-11-25-29-30-26(35-25)12-6-22-17-27(33)32(19-22)24-9-3-21(4-10-24)18-31-13-15-34-16-14-31/h1-4,7-10,22H,5-6,11-19H2. The molecule has 3 heterocycles. The zero-order chi connectivity index (χ0) is 24.0. The normalized spacial score (nSPS) is 18.9. The molecule has 2 aliphatic heterocycles. The number of morpholine rings is 1. The quantitative estimate of drug-likeness (QED) is 0.414. The van der Waals surface area contributed by atoms with Crippen LogP contribution in [-0.2, 0) is 35.3 Å². The van der Waals surface area contributed by atoms with Gasteiger partial charge in [-0.15, -0.1) is 21.5 Å². The fourth-order valence-corrected chi connectivity index (χ4v) is 5.73. The molecule has 0 N–H and O–H groups in total. The van der Waals surface area contributed by atoms with Crippen molar-refractivity contribution in [2.24, 2.45) is 5.92 Å². The third-order valence-corrected chi connectivity index (χ3v) is 8.07. The van der Waals surface area contributed by atoms with Crippen molar-refractivity contribution in [1.82, 2.24) is 15.1 Å². The summed E-state index contributed by atoms with van der Waals surface area (Å²) < 4.78 is 5.43. The third-order valence-electron chi connectivity index (χ3n) is 6.78. The Labute approximate surface area is 215 Å². The van der Waals surface area contributed by atoms with Crippen LogP contribution in [0.5, 0.6) is 0 Å². The topological polar surface area (TPSA) is 58.6 Å². The first kappa shape index (κ1) is 24.4. The Morgan fingerprint density at radius 2 is 1.60 bits per heavy atom. The minimum atomic E-state index is 0.219. The van der Waals surface area contributed by atoms with E-state index in [1.54, 1.807) is 11.3 Å². The zero-order valence-electron chi connectivity index (χ0n) is 19.9. The van der Waals surface area contributed by atoms with E-state index in [-0.39, 0.29) is 5.91 Å². The molecule has 0 aliphatic carbocycles. The molecular formula is C27H31ClN4O2S. The van der Waals surface area contributed by atoms with E-state index in [4.69, 9.17) is 16.3 Å². The lowest BCUT2D eigenvalue weighted by Crippen LogP contribution is -2.35. The van der Waals surface area contributed by atoms with Gasteiger partial charge < -0.3 is 9.64 Å². The van der Waals surface area contributed by atoms with E-state index < -0.39 is 0 Å². The summed E-state index contributed by atoms with van der Waals surface area (Å²) in [6.07, 6.45) is 4.27. The number of ether oxygens (including phenoxy) is 1. The van der Waals surface area contributed by atoms with E-state index in [2.05, 4.69) is 51.5 Å². The van der Waals surface area contributed by atoms with E-state index in [0.29, 0.717) is 12.3 Å². The SMILES string of the molecule is O=C1CC(CCc2nnc(CCc3ccc(Cl)cc3)s2)CN1c1ccc(CN2CCOCC2)cc1. The highest BCUT2D eigenvalue weighted by atomic mass is 35.5. The molecule has 8 heteroatoms. The van der Waals surface area contributed by atoms with Gasteiger partial charge in [0.25, 0.3) is 0 Å². The molecule has 35 heavy (non-hydrogen) atoms. The Hall–Kier alpha value is -2.32. The monoisotopic (exact) mass is 510 g/mol. The maximum atomic E-state index is 12.7. The first-order valence-electron chi connectivity index (χ1n) is 12.4. The molecule has 184 valence electrons. The Bertz CT molecular complexity index is 1110. The maximum Gasteiger partial charge on any atom is 0.227 e. The van der Waals surface area contributed by atoms with Crippen LogP contribution in [0.25, 0.3) is 0 Å². The molecule has 2 aromatic carbocycles. The summed E-state index contributed by atoms with van der Waals surface area (Å²) in [7, 11) is 0. The van der Waals surface area contributed by atoms with Crippen LogP contribution >= 0.6 is 22.9 Å². The van der Waals surface area contributed by atoms with Gasteiger partial charge in [0.2, 0.25) is 5.91 Å². The van der Waals surface area contributed by atoms with Gasteiger partial charge in [0.1, 0.15) is 10.0 Å². The Kier molecular flexibility index (Phi) is 8.09. The predicted molar refractivity (Wildman–Crippen MR) is 140 cm³/mol. The molecule has 1 unspecified atom stereocenters. The van der Waals surface area contributed by atoms with Crippen LogP contribution in [0, 0.1) is 5.92 Å². The summed E-state index contributed by atoms with van der Waals surface area (Å²) >= 11 is 7.66. The average Bonchev–Trinajstić information content (AvgIpc) is 3.49. The third kappa shape index (κ3) is 6.67. The summed E-state index contributed by atoms with van der Waals surface area (Å²) in [6.45, 7) is 5.29. The van der Waals surface area contributed by atoms with Gasteiger partial charge in [0.15, 0.2) is 0 Å². The first-order chi connectivity index (χ1) is 17.1. The molecule has 1 aromatic heterocycles. The lowest BCUT2D eigenvalue weighted by atomic mass is 10.0. The zero-order valence-corrected chi connectivity index (χ0v) is 21.4. The van der Waals surface area contributed by atoms with Gasteiger partial charge in [-0.25, -0.2) is 0 Å². The van der Waals surface area contributed by atoms with Crippen molar-refractivity contribution < 1.29 is 9.53 Å². The number of benzene rings is 2. The lowest BCUT2D eigenvalue weighted by Gasteiger charge is -2.26. The van der Waals surface area contributed by atoms with E-state index in [0.717, 1.165) is 85.8 Å². The number of carbonyl (C=O) groups excluding carboxylic acids is 1. The number of aryl methyl sites for hydroxylation is 3. The van der Waals surface area contributed by atoms with Gasteiger partial charge in [-0.1, -0.05) is 35.9 Å². The van der Waals surface area contributed by atoms with Crippen LogP contribution in [0.1, 0.15) is 34.0 Å². The van der Waals surface area contributed by atoms with Crippen molar-refractivity contribution >= 4 is 34.5 Å². The van der Waals surface area contributed by atoms with Crippen molar-refractivity contribution in [2.45, 2.75) is 38.6 Å². The van der Waals surface area contributed by atoms with Crippen molar-refractivity contribution in [3.63, 3.8) is 0 Å². The summed E-state index contributed by atoms with van der Waals surface area (Å²) in [5.41, 5.74) is 3.54. The van der Waals surface area contributed by atoms with Crippen LogP contribution in [0.15, 0.2) is 48.5 Å². The van der Waals surface area contributed by atoms with Gasteiger partial charge in [0, 0.05) is 56.2 Å². The van der Waals surface area contributed by atoms with Gasteiger partial charge >= 0.3 is 0 Å². The highest BCUT2D eigenvalue weighted by molar-refractivity contribution is 7.11. The van der Waals surface area contributed by atoms with E-state index in [1.807, 2.05) is 17.0 Å². The minimum Gasteiger partial charge on any atom is -0.379 e. The van der Waals surface area contributed by atoms with E-state index in [1.165, 1.54) is 11.1 Å². The molecule has 1 atom stereocenters. The number of hydrogen-bond acceptors (Lipinski definition) is 6. The Morgan fingerprint density at radius 1 is 0.914 bits per heavy atom. The number of aromatic nitrogens is 2. The number of nitrogens with zero attached hydrogens (tertiary/aromatic N) is 4. The van der Waals surface area contributed by atoms with Crippen LogP contribution in [0.4, 0.5) is 5.69 Å². The van der Waals surface area contributed by atoms with Crippen molar-refractivity contribution in [3.8, 4) is 0 Å². The number of amides is 1. The Morgan fingerprint density at radius 3 is 2.34 bits per heavy atom. The molecular weight excluding hydrogens is 480 g/mol. The summed E-state index contributed by atoms with van der Waals surface area (Å²) in [6, 6.07) is 16.5. The summed E-state index contributed by atoms with van der Waals surface area (Å²) in [4.78, 5) is 17.1. The molecule has 0 radical (unpaired) electrons. The van der Waals surface area contributed by atoms with Gasteiger partial charge in [-0.3, -0.25) is 9.69 Å². The fraction of sp³-hybridized carbons (Fsp3) is 0.444. The molecule has 6 nitrogen and oxygen atoms in total. The highest BCUT2D eigenvalue weighted by Crippen LogP contribution is 2.29. The maximum absolute atomic E-state index is 12.7. The summed E-state index contributed by atoms with van der Waals surface area (Å²) in [5.74, 6) is 0.578. The molecule has 2 fully saturated rings. The van der Waals surface area contributed by atoms with Crippen molar-refractivity contribution in [2.75, 3.05) is 37.7 Å².